The van der Waals surface area contributed by atoms with E-state index in [-0.39, 0.29) is 17.5 Å². The number of non-ortho nitro benzene ring substituents is 1. The van der Waals surface area contributed by atoms with Crippen LogP contribution < -0.4 is 5.32 Å². The van der Waals surface area contributed by atoms with Gasteiger partial charge in [0.25, 0.3) is 5.69 Å². The third-order valence-corrected chi connectivity index (χ3v) is 2.04. The molecule has 0 radical (unpaired) electrons. The van der Waals surface area contributed by atoms with Crippen LogP contribution in [0, 0.1) is 10.1 Å². The second-order valence-electron chi connectivity index (χ2n) is 3.84. The second-order valence-corrected chi connectivity index (χ2v) is 3.84. The van der Waals surface area contributed by atoms with Gasteiger partial charge in [-0.05, 0) is 26.8 Å². The Hall–Kier alpha value is -1.91. The summed E-state index contributed by atoms with van der Waals surface area (Å²) in [5.74, 6) is -0.188. The van der Waals surface area contributed by atoms with Crippen LogP contribution in [0.3, 0.4) is 0 Å². The first kappa shape index (κ1) is 12.2. The Balaban J connectivity index is 3.19. The van der Waals surface area contributed by atoms with Crippen molar-refractivity contribution in [3.63, 3.8) is 0 Å². The number of nitrogens with one attached hydrogen (secondary N) is 1. The van der Waals surface area contributed by atoms with Crippen LogP contribution in [0.25, 0.3) is 0 Å². The van der Waals surface area contributed by atoms with Gasteiger partial charge in [0, 0.05) is 29.4 Å². The van der Waals surface area contributed by atoms with Gasteiger partial charge in [0.2, 0.25) is 0 Å². The van der Waals surface area contributed by atoms with Gasteiger partial charge in [-0.15, -0.1) is 0 Å². The van der Waals surface area contributed by atoms with Gasteiger partial charge in [-0.1, -0.05) is 0 Å². The summed E-state index contributed by atoms with van der Waals surface area (Å²) in [5.41, 5.74) is 0.913. The molecule has 0 amide bonds. The van der Waals surface area contributed by atoms with Crippen LogP contribution in [-0.2, 0) is 0 Å². The van der Waals surface area contributed by atoms with Crippen LogP contribution in [0.2, 0.25) is 0 Å². The lowest BCUT2D eigenvalue weighted by atomic mass is 10.1. The molecule has 0 aromatic heterocycles. The van der Waals surface area contributed by atoms with E-state index in [0.29, 0.717) is 11.3 Å². The average molecular weight is 222 g/mol. The lowest BCUT2D eigenvalue weighted by Crippen LogP contribution is -2.12. The smallest absolute Gasteiger partial charge is 0.270 e. The van der Waals surface area contributed by atoms with Crippen molar-refractivity contribution >= 4 is 17.2 Å². The maximum atomic E-state index is 11.4. The van der Waals surface area contributed by atoms with Crippen molar-refractivity contribution in [2.75, 3.05) is 5.32 Å². The van der Waals surface area contributed by atoms with E-state index in [1.165, 1.54) is 19.1 Å². The number of carbonyl (C=O) groups is 1. The van der Waals surface area contributed by atoms with Gasteiger partial charge in [-0.2, -0.15) is 0 Å². The van der Waals surface area contributed by atoms with E-state index in [0.717, 1.165) is 0 Å². The van der Waals surface area contributed by atoms with Crippen molar-refractivity contribution in [3.05, 3.63) is 33.9 Å². The van der Waals surface area contributed by atoms with E-state index in [4.69, 9.17) is 0 Å². The van der Waals surface area contributed by atoms with E-state index >= 15 is 0 Å². The number of anilines is 1. The Bertz CT molecular complexity index is 427. The fourth-order valence-electron chi connectivity index (χ4n) is 1.37. The summed E-state index contributed by atoms with van der Waals surface area (Å²) in [4.78, 5) is 21.4. The Morgan fingerprint density at radius 3 is 2.50 bits per heavy atom. The number of nitro groups is 1. The predicted molar refractivity (Wildman–Crippen MR) is 61.9 cm³/mol. The molecule has 5 heteroatoms. The number of hydrogen-bond acceptors (Lipinski definition) is 4. The van der Waals surface area contributed by atoms with Gasteiger partial charge in [0.15, 0.2) is 5.78 Å². The molecule has 0 atom stereocenters. The molecule has 0 fully saturated rings. The largest absolute Gasteiger partial charge is 0.382 e. The van der Waals surface area contributed by atoms with Crippen molar-refractivity contribution < 1.29 is 9.72 Å². The molecular weight excluding hydrogens is 208 g/mol. The maximum Gasteiger partial charge on any atom is 0.270 e. The summed E-state index contributed by atoms with van der Waals surface area (Å²) in [6.45, 7) is 5.27. The molecule has 0 aliphatic carbocycles. The number of hydrogen-bond donors (Lipinski definition) is 1. The first-order valence-corrected chi connectivity index (χ1v) is 4.97. The van der Waals surface area contributed by atoms with Gasteiger partial charge in [-0.25, -0.2) is 0 Å². The molecule has 5 nitrogen and oxygen atoms in total. The second kappa shape index (κ2) is 4.74. The summed E-state index contributed by atoms with van der Waals surface area (Å²) < 4.78 is 0. The Kier molecular flexibility index (Phi) is 3.60. The van der Waals surface area contributed by atoms with Crippen LogP contribution in [0.15, 0.2) is 18.2 Å². The number of carbonyl (C=O) groups excluding carboxylic acids is 1. The zero-order valence-electron chi connectivity index (χ0n) is 9.48. The van der Waals surface area contributed by atoms with E-state index < -0.39 is 4.92 Å². The zero-order chi connectivity index (χ0) is 12.3. The highest BCUT2D eigenvalue weighted by Gasteiger charge is 2.14. The van der Waals surface area contributed by atoms with Crippen molar-refractivity contribution in [1.82, 2.24) is 0 Å². The fraction of sp³-hybridized carbons (Fsp3) is 0.364. The van der Waals surface area contributed by atoms with Crippen molar-refractivity contribution in [3.8, 4) is 0 Å². The number of rotatable bonds is 4. The molecule has 86 valence electrons. The molecule has 0 aliphatic rings. The van der Waals surface area contributed by atoms with Crippen LogP contribution >= 0.6 is 0 Å². The zero-order valence-corrected chi connectivity index (χ0v) is 9.48. The molecule has 16 heavy (non-hydrogen) atoms. The molecule has 0 unspecified atom stereocenters. The van der Waals surface area contributed by atoms with Gasteiger partial charge >= 0.3 is 0 Å². The summed E-state index contributed by atoms with van der Waals surface area (Å²) in [6, 6.07) is 4.42. The predicted octanol–water partition coefficient (Wildman–Crippen LogP) is 2.62. The highest BCUT2D eigenvalue weighted by atomic mass is 16.6. The maximum absolute atomic E-state index is 11.4. The molecule has 1 rings (SSSR count). The molecule has 0 saturated heterocycles. The van der Waals surface area contributed by atoms with Gasteiger partial charge in [-0.3, -0.25) is 14.9 Å². The highest BCUT2D eigenvalue weighted by molar-refractivity contribution is 6.00. The molecule has 0 saturated carbocycles. The third-order valence-electron chi connectivity index (χ3n) is 2.04. The molecule has 0 spiro atoms. The SMILES string of the molecule is CC(=O)c1cc([N+](=O)[O-])ccc1NC(C)C. The standard InChI is InChI=1S/C11H14N2O3/c1-7(2)12-11-5-4-9(13(15)16)6-10(11)8(3)14/h4-7,12H,1-3H3. The minimum Gasteiger partial charge on any atom is -0.382 e. The summed E-state index contributed by atoms with van der Waals surface area (Å²) in [7, 11) is 0. The summed E-state index contributed by atoms with van der Waals surface area (Å²) in [6.07, 6.45) is 0. The molecule has 0 bridgehead atoms. The molecule has 1 N–H and O–H groups in total. The first-order valence-electron chi connectivity index (χ1n) is 4.97. The van der Waals surface area contributed by atoms with E-state index in [9.17, 15) is 14.9 Å². The quantitative estimate of drug-likeness (QED) is 0.483. The van der Waals surface area contributed by atoms with Gasteiger partial charge in [0.1, 0.15) is 0 Å². The summed E-state index contributed by atoms with van der Waals surface area (Å²) in [5, 5.41) is 13.7. The van der Waals surface area contributed by atoms with Crippen LogP contribution in [0.5, 0.6) is 0 Å². The first-order chi connectivity index (χ1) is 7.41. The number of Topliss-reactive ketones (excluding diaryl/α,β-unsaturated/α-hetero) is 1. The van der Waals surface area contributed by atoms with E-state index in [1.807, 2.05) is 13.8 Å². The van der Waals surface area contributed by atoms with E-state index in [2.05, 4.69) is 5.32 Å². The lowest BCUT2D eigenvalue weighted by molar-refractivity contribution is -0.384. The number of nitro benzene ring substituents is 1. The highest BCUT2D eigenvalue weighted by Crippen LogP contribution is 2.23. The van der Waals surface area contributed by atoms with E-state index in [1.54, 1.807) is 6.07 Å². The molecule has 1 aromatic rings. The Labute approximate surface area is 93.6 Å². The molecule has 0 heterocycles. The van der Waals surface area contributed by atoms with Crippen LogP contribution in [0.4, 0.5) is 11.4 Å². The fourth-order valence-corrected chi connectivity index (χ4v) is 1.37. The van der Waals surface area contributed by atoms with Gasteiger partial charge in [0.05, 0.1) is 4.92 Å². The van der Waals surface area contributed by atoms with Crippen molar-refractivity contribution in [2.24, 2.45) is 0 Å². The average Bonchev–Trinajstić information content (AvgIpc) is 2.16. The monoisotopic (exact) mass is 222 g/mol. The minimum absolute atomic E-state index is 0.0699. The van der Waals surface area contributed by atoms with Crippen molar-refractivity contribution in [1.29, 1.82) is 0 Å². The van der Waals surface area contributed by atoms with Crippen LogP contribution in [0.1, 0.15) is 31.1 Å². The van der Waals surface area contributed by atoms with Crippen molar-refractivity contribution in [2.45, 2.75) is 26.8 Å². The molecule has 1 aromatic carbocycles. The Morgan fingerprint density at radius 2 is 2.06 bits per heavy atom. The number of nitrogens with zero attached hydrogens (tertiary/aromatic N) is 1. The lowest BCUT2D eigenvalue weighted by Gasteiger charge is -2.12. The topological polar surface area (TPSA) is 72.2 Å². The number of benzene rings is 1. The number of ketones is 1. The minimum atomic E-state index is -0.508. The summed E-state index contributed by atoms with van der Waals surface area (Å²) >= 11 is 0. The molecular formula is C11H14N2O3. The molecule has 0 aliphatic heterocycles. The Morgan fingerprint density at radius 1 is 1.44 bits per heavy atom. The van der Waals surface area contributed by atoms with Crippen LogP contribution in [-0.4, -0.2) is 16.7 Å². The third kappa shape index (κ3) is 2.79. The normalized spacial score (nSPS) is 10.2. The van der Waals surface area contributed by atoms with Gasteiger partial charge < -0.3 is 5.32 Å².